The van der Waals surface area contributed by atoms with Gasteiger partial charge in [-0.05, 0) is 25.3 Å². The Balaban J connectivity index is 2.18. The molecular weight excluding hydrogens is 204 g/mol. The van der Waals surface area contributed by atoms with Gasteiger partial charge in [-0.2, -0.15) is 0 Å². The van der Waals surface area contributed by atoms with Gasteiger partial charge in [-0.3, -0.25) is 4.79 Å². The molecule has 1 aliphatic carbocycles. The average Bonchev–Trinajstić information content (AvgIpc) is 2.23. The summed E-state index contributed by atoms with van der Waals surface area (Å²) in [5, 5.41) is 9.37. The molecule has 0 atom stereocenters. The molecule has 0 saturated heterocycles. The average molecular weight is 220 g/mol. The summed E-state index contributed by atoms with van der Waals surface area (Å²) in [6.07, 6.45) is 1.27. The molecule has 0 bridgehead atoms. The fourth-order valence-electron chi connectivity index (χ4n) is 2.36. The zero-order chi connectivity index (χ0) is 11.6. The van der Waals surface area contributed by atoms with Gasteiger partial charge < -0.3 is 9.84 Å². The van der Waals surface area contributed by atoms with Crippen molar-refractivity contribution >= 4 is 5.97 Å². The Morgan fingerprint density at radius 1 is 1.44 bits per heavy atom. The first-order chi connectivity index (χ1) is 7.69. The van der Waals surface area contributed by atoms with Crippen LogP contribution in [0, 0.1) is 0 Å². The molecule has 2 rings (SSSR count). The predicted molar refractivity (Wildman–Crippen MR) is 60.4 cm³/mol. The van der Waals surface area contributed by atoms with Crippen LogP contribution in [0.1, 0.15) is 25.3 Å². The van der Waals surface area contributed by atoms with E-state index >= 15 is 0 Å². The third-order valence-corrected chi connectivity index (χ3v) is 3.29. The van der Waals surface area contributed by atoms with Crippen molar-refractivity contribution in [2.75, 3.05) is 6.61 Å². The number of ether oxygens (including phenoxy) is 1. The van der Waals surface area contributed by atoms with E-state index in [9.17, 15) is 9.90 Å². The smallest absolute Gasteiger partial charge is 0.314 e. The van der Waals surface area contributed by atoms with Crippen molar-refractivity contribution in [1.82, 2.24) is 0 Å². The first-order valence-corrected chi connectivity index (χ1v) is 5.59. The van der Waals surface area contributed by atoms with E-state index < -0.39 is 11.4 Å². The molecule has 0 radical (unpaired) electrons. The maximum absolute atomic E-state index is 11.4. The van der Waals surface area contributed by atoms with Gasteiger partial charge in [0.1, 0.15) is 0 Å². The molecule has 16 heavy (non-hydrogen) atoms. The molecule has 0 amide bonds. The Morgan fingerprint density at radius 2 is 2.06 bits per heavy atom. The number of carbonyl (C=O) groups is 1. The predicted octanol–water partition coefficient (Wildman–Crippen LogP) is 2.21. The van der Waals surface area contributed by atoms with Gasteiger partial charge in [-0.15, -0.1) is 0 Å². The second-order valence-corrected chi connectivity index (χ2v) is 4.24. The molecule has 1 saturated carbocycles. The lowest BCUT2D eigenvalue weighted by atomic mass is 9.62. The van der Waals surface area contributed by atoms with Gasteiger partial charge in [0.2, 0.25) is 0 Å². The zero-order valence-corrected chi connectivity index (χ0v) is 9.35. The van der Waals surface area contributed by atoms with Crippen LogP contribution in [-0.2, 0) is 14.9 Å². The Hall–Kier alpha value is -1.35. The minimum Gasteiger partial charge on any atom is -0.481 e. The Kier molecular flexibility index (Phi) is 2.97. The van der Waals surface area contributed by atoms with Gasteiger partial charge in [-0.25, -0.2) is 0 Å². The number of benzene rings is 1. The van der Waals surface area contributed by atoms with Crippen molar-refractivity contribution in [1.29, 1.82) is 0 Å². The first-order valence-electron chi connectivity index (χ1n) is 5.59. The third kappa shape index (κ3) is 1.71. The topological polar surface area (TPSA) is 46.5 Å². The van der Waals surface area contributed by atoms with Gasteiger partial charge in [0, 0.05) is 6.61 Å². The summed E-state index contributed by atoms with van der Waals surface area (Å²) in [7, 11) is 0. The Bertz CT molecular complexity index is 366. The third-order valence-electron chi connectivity index (χ3n) is 3.29. The Labute approximate surface area is 95.0 Å². The molecule has 0 spiro atoms. The van der Waals surface area contributed by atoms with Gasteiger partial charge in [0.05, 0.1) is 11.5 Å². The van der Waals surface area contributed by atoms with Crippen molar-refractivity contribution in [3.63, 3.8) is 0 Å². The van der Waals surface area contributed by atoms with Crippen LogP contribution in [0.4, 0.5) is 0 Å². The molecule has 1 aromatic rings. The second kappa shape index (κ2) is 4.26. The SMILES string of the molecule is CCOC1CC(C(=O)O)(c2ccccc2)C1. The van der Waals surface area contributed by atoms with E-state index in [0.717, 1.165) is 5.56 Å². The number of carboxylic acids is 1. The van der Waals surface area contributed by atoms with Crippen LogP contribution < -0.4 is 0 Å². The maximum Gasteiger partial charge on any atom is 0.314 e. The molecule has 0 unspecified atom stereocenters. The van der Waals surface area contributed by atoms with E-state index in [-0.39, 0.29) is 6.10 Å². The second-order valence-electron chi connectivity index (χ2n) is 4.24. The highest BCUT2D eigenvalue weighted by molar-refractivity contribution is 5.83. The maximum atomic E-state index is 11.4. The Morgan fingerprint density at radius 3 is 2.56 bits per heavy atom. The van der Waals surface area contributed by atoms with Crippen LogP contribution in [-0.4, -0.2) is 23.8 Å². The van der Waals surface area contributed by atoms with E-state index in [1.165, 1.54) is 0 Å². The fourth-order valence-corrected chi connectivity index (χ4v) is 2.36. The van der Waals surface area contributed by atoms with Crippen LogP contribution >= 0.6 is 0 Å². The lowest BCUT2D eigenvalue weighted by Crippen LogP contribution is -2.51. The van der Waals surface area contributed by atoms with Crippen LogP contribution in [0.3, 0.4) is 0 Å². The fraction of sp³-hybridized carbons (Fsp3) is 0.462. The highest BCUT2D eigenvalue weighted by Crippen LogP contribution is 2.45. The first kappa shape index (κ1) is 11.1. The summed E-state index contributed by atoms with van der Waals surface area (Å²) in [6, 6.07) is 9.44. The minimum absolute atomic E-state index is 0.0984. The molecule has 3 heteroatoms. The van der Waals surface area contributed by atoms with Gasteiger partial charge in [0.25, 0.3) is 0 Å². The van der Waals surface area contributed by atoms with Crippen LogP contribution in [0.5, 0.6) is 0 Å². The molecule has 0 aliphatic heterocycles. The summed E-state index contributed by atoms with van der Waals surface area (Å²) in [5.41, 5.74) is 0.166. The van der Waals surface area contributed by atoms with Gasteiger partial charge >= 0.3 is 5.97 Å². The minimum atomic E-state index is -0.741. The normalized spacial score (nSPS) is 28.4. The van der Waals surface area contributed by atoms with E-state index in [0.29, 0.717) is 19.4 Å². The summed E-state index contributed by atoms with van der Waals surface area (Å²) >= 11 is 0. The number of rotatable bonds is 4. The quantitative estimate of drug-likeness (QED) is 0.846. The van der Waals surface area contributed by atoms with Crippen molar-refractivity contribution in [3.05, 3.63) is 35.9 Å². The number of carboxylic acid groups (broad SMARTS) is 1. The zero-order valence-electron chi connectivity index (χ0n) is 9.35. The standard InChI is InChI=1S/C13H16O3/c1-2-16-11-8-13(9-11,12(14)15)10-6-4-3-5-7-10/h3-7,11H,2,8-9H2,1H3,(H,14,15). The monoisotopic (exact) mass is 220 g/mol. The highest BCUT2D eigenvalue weighted by atomic mass is 16.5. The van der Waals surface area contributed by atoms with Crippen LogP contribution in [0.2, 0.25) is 0 Å². The van der Waals surface area contributed by atoms with Gasteiger partial charge in [0.15, 0.2) is 0 Å². The summed E-state index contributed by atoms with van der Waals surface area (Å²) in [4.78, 5) is 11.4. The van der Waals surface area contributed by atoms with Crippen molar-refractivity contribution < 1.29 is 14.6 Å². The largest absolute Gasteiger partial charge is 0.481 e. The molecule has 3 nitrogen and oxygen atoms in total. The summed E-state index contributed by atoms with van der Waals surface area (Å²) in [6.45, 7) is 2.58. The van der Waals surface area contributed by atoms with Crippen LogP contribution in [0.25, 0.3) is 0 Å². The highest BCUT2D eigenvalue weighted by Gasteiger charge is 2.52. The van der Waals surface area contributed by atoms with Crippen molar-refractivity contribution in [2.24, 2.45) is 0 Å². The molecule has 1 N–H and O–H groups in total. The molecule has 0 aromatic heterocycles. The molecule has 1 aliphatic rings. The number of aliphatic carboxylic acids is 1. The lowest BCUT2D eigenvalue weighted by Gasteiger charge is -2.44. The van der Waals surface area contributed by atoms with Crippen molar-refractivity contribution in [3.8, 4) is 0 Å². The van der Waals surface area contributed by atoms with E-state index in [1.54, 1.807) is 0 Å². The van der Waals surface area contributed by atoms with E-state index in [2.05, 4.69) is 0 Å². The molecule has 1 fully saturated rings. The summed E-state index contributed by atoms with van der Waals surface area (Å²) in [5.74, 6) is -0.741. The van der Waals surface area contributed by atoms with Crippen molar-refractivity contribution in [2.45, 2.75) is 31.3 Å². The molecular formula is C13H16O3. The molecule has 1 aromatic carbocycles. The number of hydrogen-bond acceptors (Lipinski definition) is 2. The summed E-state index contributed by atoms with van der Waals surface area (Å²) < 4.78 is 5.44. The van der Waals surface area contributed by atoms with Crippen LogP contribution in [0.15, 0.2) is 30.3 Å². The number of hydrogen-bond donors (Lipinski definition) is 1. The molecule has 86 valence electrons. The lowest BCUT2D eigenvalue weighted by molar-refractivity contribution is -0.155. The molecule has 0 heterocycles. The van der Waals surface area contributed by atoms with Gasteiger partial charge in [-0.1, -0.05) is 30.3 Å². The van der Waals surface area contributed by atoms with E-state index in [4.69, 9.17) is 4.74 Å². The van der Waals surface area contributed by atoms with E-state index in [1.807, 2.05) is 37.3 Å².